The highest BCUT2D eigenvalue weighted by atomic mass is 32.1. The number of thiophene rings is 1. The fourth-order valence-corrected chi connectivity index (χ4v) is 1.53. The van der Waals surface area contributed by atoms with Gasteiger partial charge in [-0.25, -0.2) is 4.79 Å². The van der Waals surface area contributed by atoms with E-state index in [1.54, 1.807) is 19.2 Å². The predicted octanol–water partition coefficient (Wildman–Crippen LogP) is 2.62. The van der Waals surface area contributed by atoms with Gasteiger partial charge in [0, 0.05) is 12.0 Å². The lowest BCUT2D eigenvalue weighted by atomic mass is 10.4. The summed E-state index contributed by atoms with van der Waals surface area (Å²) in [5, 5.41) is 8.54. The predicted molar refractivity (Wildman–Crippen MR) is 53.3 cm³/mol. The van der Waals surface area contributed by atoms with E-state index in [1.165, 1.54) is 11.3 Å². The maximum Gasteiger partial charge on any atom is 0.345 e. The molecule has 1 rings (SSSR count). The van der Waals surface area contributed by atoms with Crippen molar-refractivity contribution >= 4 is 17.3 Å². The smallest absolute Gasteiger partial charge is 0.345 e. The minimum Gasteiger partial charge on any atom is -0.477 e. The van der Waals surface area contributed by atoms with E-state index in [4.69, 9.17) is 9.84 Å². The standard InChI is InChI=1S/C7H8O3S.C2H6/c1-10-4-5-2-3-6(11-5)7(8)9;1-2/h2-3H,4H2,1H3,(H,8,9);1-2H3. The van der Waals surface area contributed by atoms with Gasteiger partial charge in [-0.3, -0.25) is 0 Å². The average molecular weight is 202 g/mol. The fourth-order valence-electron chi connectivity index (χ4n) is 0.713. The van der Waals surface area contributed by atoms with E-state index in [0.717, 1.165) is 4.88 Å². The van der Waals surface area contributed by atoms with E-state index in [2.05, 4.69) is 0 Å². The highest BCUT2D eigenvalue weighted by Gasteiger charge is 2.05. The topological polar surface area (TPSA) is 46.5 Å². The van der Waals surface area contributed by atoms with Gasteiger partial charge in [-0.15, -0.1) is 11.3 Å². The highest BCUT2D eigenvalue weighted by molar-refractivity contribution is 7.13. The Hall–Kier alpha value is -0.870. The summed E-state index contributed by atoms with van der Waals surface area (Å²) >= 11 is 1.24. The number of hydrogen-bond donors (Lipinski definition) is 1. The van der Waals surface area contributed by atoms with Crippen LogP contribution in [0.15, 0.2) is 12.1 Å². The molecule has 0 aromatic carbocycles. The molecule has 0 fully saturated rings. The van der Waals surface area contributed by atoms with Gasteiger partial charge < -0.3 is 9.84 Å². The summed E-state index contributed by atoms with van der Waals surface area (Å²) in [5.74, 6) is -0.877. The van der Waals surface area contributed by atoms with Crippen molar-refractivity contribution in [3.63, 3.8) is 0 Å². The molecule has 74 valence electrons. The Morgan fingerprint density at radius 1 is 1.54 bits per heavy atom. The second kappa shape index (κ2) is 6.62. The minimum atomic E-state index is -0.877. The van der Waals surface area contributed by atoms with Crippen LogP contribution in [-0.4, -0.2) is 18.2 Å². The number of rotatable bonds is 3. The normalized spacial score (nSPS) is 8.85. The molecule has 0 bridgehead atoms. The Kier molecular flexibility index (Phi) is 6.18. The molecule has 0 aliphatic heterocycles. The van der Waals surface area contributed by atoms with Crippen LogP contribution in [0.5, 0.6) is 0 Å². The molecule has 0 amide bonds. The largest absolute Gasteiger partial charge is 0.477 e. The molecule has 1 N–H and O–H groups in total. The number of ether oxygens (including phenoxy) is 1. The van der Waals surface area contributed by atoms with Crippen LogP contribution in [0.3, 0.4) is 0 Å². The van der Waals surface area contributed by atoms with Crippen molar-refractivity contribution in [3.8, 4) is 0 Å². The van der Waals surface area contributed by atoms with Crippen LogP contribution in [0.4, 0.5) is 0 Å². The first-order valence-corrected chi connectivity index (χ1v) is 4.86. The highest BCUT2D eigenvalue weighted by Crippen LogP contribution is 2.16. The van der Waals surface area contributed by atoms with Gasteiger partial charge in [0.05, 0.1) is 6.61 Å². The van der Waals surface area contributed by atoms with Gasteiger partial charge in [0.1, 0.15) is 4.88 Å². The number of aromatic carboxylic acids is 1. The van der Waals surface area contributed by atoms with E-state index in [1.807, 2.05) is 13.8 Å². The molecule has 1 heterocycles. The lowest BCUT2D eigenvalue weighted by molar-refractivity contribution is 0.0702. The van der Waals surface area contributed by atoms with Crippen LogP contribution in [0.1, 0.15) is 28.4 Å². The lowest BCUT2D eigenvalue weighted by Gasteiger charge is -1.90. The fraction of sp³-hybridized carbons (Fsp3) is 0.444. The quantitative estimate of drug-likeness (QED) is 0.819. The zero-order chi connectivity index (χ0) is 10.3. The third-order valence-electron chi connectivity index (χ3n) is 1.16. The van der Waals surface area contributed by atoms with E-state index in [9.17, 15) is 4.79 Å². The molecule has 0 aliphatic rings. The molecule has 0 radical (unpaired) electrons. The third-order valence-corrected chi connectivity index (χ3v) is 2.21. The van der Waals surface area contributed by atoms with Crippen LogP contribution < -0.4 is 0 Å². The van der Waals surface area contributed by atoms with Crippen molar-refractivity contribution < 1.29 is 14.6 Å². The van der Waals surface area contributed by atoms with Crippen LogP contribution in [0.2, 0.25) is 0 Å². The van der Waals surface area contributed by atoms with Gasteiger partial charge in [-0.1, -0.05) is 13.8 Å². The summed E-state index contributed by atoms with van der Waals surface area (Å²) in [6.07, 6.45) is 0. The van der Waals surface area contributed by atoms with Gasteiger partial charge >= 0.3 is 5.97 Å². The Bertz CT molecular complexity index is 255. The Morgan fingerprint density at radius 3 is 2.54 bits per heavy atom. The first kappa shape index (κ1) is 12.1. The lowest BCUT2D eigenvalue weighted by Crippen LogP contribution is -1.89. The van der Waals surface area contributed by atoms with Crippen molar-refractivity contribution in [1.82, 2.24) is 0 Å². The number of carboxylic acids is 1. The van der Waals surface area contributed by atoms with Crippen molar-refractivity contribution in [2.45, 2.75) is 20.5 Å². The van der Waals surface area contributed by atoms with Gasteiger partial charge in [-0.2, -0.15) is 0 Å². The Balaban J connectivity index is 0.000000671. The molecule has 1 aromatic heterocycles. The maximum absolute atomic E-state index is 10.4. The Labute approximate surface area is 82.0 Å². The third kappa shape index (κ3) is 4.05. The molecule has 0 aliphatic carbocycles. The average Bonchev–Trinajstić information content (AvgIpc) is 2.57. The minimum absolute atomic E-state index is 0.358. The molecule has 0 unspecified atom stereocenters. The monoisotopic (exact) mass is 202 g/mol. The van der Waals surface area contributed by atoms with E-state index in [0.29, 0.717) is 11.5 Å². The van der Waals surface area contributed by atoms with Crippen LogP contribution in [-0.2, 0) is 11.3 Å². The Morgan fingerprint density at radius 2 is 2.15 bits per heavy atom. The van der Waals surface area contributed by atoms with Crippen LogP contribution >= 0.6 is 11.3 Å². The summed E-state index contributed by atoms with van der Waals surface area (Å²) < 4.78 is 4.84. The summed E-state index contributed by atoms with van der Waals surface area (Å²) in [4.78, 5) is 11.7. The molecular formula is C9H14O3S. The van der Waals surface area contributed by atoms with Gasteiger partial charge in [0.15, 0.2) is 0 Å². The van der Waals surface area contributed by atoms with E-state index in [-0.39, 0.29) is 0 Å². The van der Waals surface area contributed by atoms with Gasteiger partial charge in [0.25, 0.3) is 0 Å². The zero-order valence-corrected chi connectivity index (χ0v) is 8.85. The maximum atomic E-state index is 10.4. The summed E-state index contributed by atoms with van der Waals surface area (Å²) in [6, 6.07) is 3.35. The first-order chi connectivity index (χ1) is 6.24. The number of hydrogen-bond acceptors (Lipinski definition) is 3. The molecule has 0 spiro atoms. The van der Waals surface area contributed by atoms with Gasteiger partial charge in [-0.05, 0) is 12.1 Å². The molecule has 3 nitrogen and oxygen atoms in total. The van der Waals surface area contributed by atoms with Crippen LogP contribution in [0, 0.1) is 0 Å². The number of methoxy groups -OCH3 is 1. The molecule has 4 heteroatoms. The van der Waals surface area contributed by atoms with Crippen molar-refractivity contribution in [1.29, 1.82) is 0 Å². The number of carbonyl (C=O) groups is 1. The number of carboxylic acid groups (broad SMARTS) is 1. The summed E-state index contributed by atoms with van der Waals surface area (Å²) in [5.41, 5.74) is 0. The van der Waals surface area contributed by atoms with Gasteiger partial charge in [0.2, 0.25) is 0 Å². The summed E-state index contributed by atoms with van der Waals surface area (Å²) in [7, 11) is 1.58. The molecule has 0 saturated carbocycles. The summed E-state index contributed by atoms with van der Waals surface area (Å²) in [6.45, 7) is 4.48. The second-order valence-corrected chi connectivity index (χ2v) is 3.17. The molecule has 13 heavy (non-hydrogen) atoms. The second-order valence-electron chi connectivity index (χ2n) is 2.00. The van der Waals surface area contributed by atoms with Crippen molar-refractivity contribution in [2.24, 2.45) is 0 Å². The molecule has 1 aromatic rings. The molecule has 0 saturated heterocycles. The van der Waals surface area contributed by atoms with E-state index >= 15 is 0 Å². The molecule has 0 atom stereocenters. The van der Waals surface area contributed by atoms with Crippen molar-refractivity contribution in [2.75, 3.05) is 7.11 Å². The zero-order valence-electron chi connectivity index (χ0n) is 8.03. The van der Waals surface area contributed by atoms with E-state index < -0.39 is 5.97 Å². The molecular weight excluding hydrogens is 188 g/mol. The first-order valence-electron chi connectivity index (χ1n) is 4.05. The van der Waals surface area contributed by atoms with Crippen molar-refractivity contribution in [3.05, 3.63) is 21.9 Å². The SMILES string of the molecule is CC.COCc1ccc(C(=O)O)s1. The van der Waals surface area contributed by atoms with Crippen LogP contribution in [0.25, 0.3) is 0 Å².